The molecule has 1 aromatic rings. The zero-order valence-electron chi connectivity index (χ0n) is 13.0. The van der Waals surface area contributed by atoms with Crippen molar-refractivity contribution in [3.8, 4) is 0 Å². The average molecular weight is 308 g/mol. The number of aromatic amines is 2. The molecule has 0 bridgehead atoms. The lowest BCUT2D eigenvalue weighted by atomic mass is 9.80. The van der Waals surface area contributed by atoms with Gasteiger partial charge in [0.2, 0.25) is 0 Å². The number of ether oxygens (including phenoxy) is 1. The molecular formula is C15H24N4O3. The van der Waals surface area contributed by atoms with Gasteiger partial charge in [0.15, 0.2) is 0 Å². The Balaban J connectivity index is 1.69. The maximum absolute atomic E-state index is 11.9. The van der Waals surface area contributed by atoms with E-state index < -0.39 is 5.97 Å². The molecule has 2 saturated heterocycles. The quantitative estimate of drug-likeness (QED) is 0.703. The SMILES string of the molecule is CCOC(=O)c1[nH]c(=O)[nH]c1CN1CC[C@]2(CCCNC2)C1. The summed E-state index contributed by atoms with van der Waals surface area (Å²) in [7, 11) is 0. The molecule has 0 amide bonds. The van der Waals surface area contributed by atoms with E-state index in [-0.39, 0.29) is 11.4 Å². The van der Waals surface area contributed by atoms with Crippen LogP contribution in [0.25, 0.3) is 0 Å². The number of likely N-dealkylation sites (tertiary alicyclic amines) is 1. The number of hydrogen-bond acceptors (Lipinski definition) is 5. The van der Waals surface area contributed by atoms with Gasteiger partial charge >= 0.3 is 11.7 Å². The maximum Gasteiger partial charge on any atom is 0.356 e. The molecule has 7 nitrogen and oxygen atoms in total. The Bertz CT molecular complexity index is 586. The number of carbonyl (C=O) groups excluding carboxylic acids is 1. The second-order valence-electron chi connectivity index (χ2n) is 6.39. The third-order valence-corrected chi connectivity index (χ3v) is 4.74. The number of aromatic nitrogens is 2. The summed E-state index contributed by atoms with van der Waals surface area (Å²) >= 11 is 0. The second kappa shape index (κ2) is 6.26. The first-order valence-electron chi connectivity index (χ1n) is 8.03. The predicted molar refractivity (Wildman–Crippen MR) is 81.8 cm³/mol. The third-order valence-electron chi connectivity index (χ3n) is 4.74. The van der Waals surface area contributed by atoms with Gasteiger partial charge in [0.1, 0.15) is 5.69 Å². The van der Waals surface area contributed by atoms with Crippen molar-refractivity contribution in [3.05, 3.63) is 21.9 Å². The fraction of sp³-hybridized carbons (Fsp3) is 0.733. The van der Waals surface area contributed by atoms with Crippen molar-refractivity contribution in [2.24, 2.45) is 5.41 Å². The van der Waals surface area contributed by atoms with Crippen molar-refractivity contribution in [2.75, 3.05) is 32.8 Å². The van der Waals surface area contributed by atoms with E-state index >= 15 is 0 Å². The van der Waals surface area contributed by atoms with Crippen molar-refractivity contribution < 1.29 is 9.53 Å². The van der Waals surface area contributed by atoms with Crippen molar-refractivity contribution in [1.29, 1.82) is 0 Å². The van der Waals surface area contributed by atoms with Gasteiger partial charge in [-0.2, -0.15) is 0 Å². The number of hydrogen-bond donors (Lipinski definition) is 3. The van der Waals surface area contributed by atoms with Gasteiger partial charge < -0.3 is 15.0 Å². The van der Waals surface area contributed by atoms with Crippen molar-refractivity contribution >= 4 is 5.97 Å². The van der Waals surface area contributed by atoms with Crippen molar-refractivity contribution in [2.45, 2.75) is 32.7 Å². The number of esters is 1. The maximum atomic E-state index is 11.9. The van der Waals surface area contributed by atoms with Crippen molar-refractivity contribution in [1.82, 2.24) is 20.2 Å². The molecule has 0 saturated carbocycles. The van der Waals surface area contributed by atoms with Crippen LogP contribution in [0.2, 0.25) is 0 Å². The lowest BCUT2D eigenvalue weighted by molar-refractivity contribution is 0.0517. The minimum absolute atomic E-state index is 0.259. The second-order valence-corrected chi connectivity index (χ2v) is 6.39. The molecule has 3 N–H and O–H groups in total. The molecule has 1 atom stereocenters. The van der Waals surface area contributed by atoms with E-state index in [2.05, 4.69) is 20.2 Å². The number of H-pyrrole nitrogens is 2. The van der Waals surface area contributed by atoms with Gasteiger partial charge in [0, 0.05) is 19.6 Å². The highest BCUT2D eigenvalue weighted by molar-refractivity contribution is 5.88. The smallest absolute Gasteiger partial charge is 0.356 e. The molecule has 0 aliphatic carbocycles. The molecule has 2 aliphatic rings. The van der Waals surface area contributed by atoms with Gasteiger partial charge in [-0.3, -0.25) is 9.88 Å². The predicted octanol–water partition coefficient (Wildman–Crippen LogP) is 0.455. The molecular weight excluding hydrogens is 284 g/mol. The zero-order valence-corrected chi connectivity index (χ0v) is 13.0. The monoisotopic (exact) mass is 308 g/mol. The molecule has 2 aliphatic heterocycles. The molecule has 22 heavy (non-hydrogen) atoms. The number of nitrogens with zero attached hydrogens (tertiary/aromatic N) is 1. The lowest BCUT2D eigenvalue weighted by Crippen LogP contribution is -2.41. The van der Waals surface area contributed by atoms with Crippen LogP contribution in [-0.2, 0) is 11.3 Å². The van der Waals surface area contributed by atoms with E-state index in [0.29, 0.717) is 24.3 Å². The van der Waals surface area contributed by atoms with Gasteiger partial charge in [-0.15, -0.1) is 0 Å². The molecule has 3 heterocycles. The van der Waals surface area contributed by atoms with Gasteiger partial charge in [-0.05, 0) is 44.7 Å². The van der Waals surface area contributed by atoms with Crippen molar-refractivity contribution in [3.63, 3.8) is 0 Å². The van der Waals surface area contributed by atoms with Crippen LogP contribution in [0, 0.1) is 5.41 Å². The lowest BCUT2D eigenvalue weighted by Gasteiger charge is -2.34. The Morgan fingerprint density at radius 1 is 1.36 bits per heavy atom. The zero-order chi connectivity index (χ0) is 15.6. The van der Waals surface area contributed by atoms with Gasteiger partial charge in [-0.1, -0.05) is 0 Å². The fourth-order valence-corrected chi connectivity index (χ4v) is 3.68. The minimum Gasteiger partial charge on any atom is -0.461 e. The van der Waals surface area contributed by atoms with Crippen LogP contribution in [0.15, 0.2) is 4.79 Å². The number of carbonyl (C=O) groups is 1. The summed E-state index contributed by atoms with van der Waals surface area (Å²) in [5, 5.41) is 3.49. The molecule has 0 aromatic carbocycles. The minimum atomic E-state index is -0.468. The Kier molecular flexibility index (Phi) is 4.35. The van der Waals surface area contributed by atoms with E-state index in [1.807, 2.05) is 0 Å². The van der Waals surface area contributed by atoms with E-state index in [0.717, 1.165) is 26.2 Å². The van der Waals surface area contributed by atoms with E-state index in [9.17, 15) is 9.59 Å². The third kappa shape index (κ3) is 3.10. The Morgan fingerprint density at radius 2 is 2.23 bits per heavy atom. The number of rotatable bonds is 4. The van der Waals surface area contributed by atoms with Gasteiger partial charge in [-0.25, -0.2) is 9.59 Å². The van der Waals surface area contributed by atoms with Crippen LogP contribution in [0.4, 0.5) is 0 Å². The van der Waals surface area contributed by atoms with Crippen LogP contribution in [-0.4, -0.2) is 53.6 Å². The Labute approximate surface area is 129 Å². The van der Waals surface area contributed by atoms with Crippen LogP contribution >= 0.6 is 0 Å². The summed E-state index contributed by atoms with van der Waals surface area (Å²) in [5.74, 6) is -0.468. The van der Waals surface area contributed by atoms with Gasteiger partial charge in [0.25, 0.3) is 0 Å². The molecule has 2 fully saturated rings. The molecule has 3 rings (SSSR count). The standard InChI is InChI=1S/C15H24N4O3/c1-2-22-13(20)12-11(17-14(21)18-12)8-19-7-5-15(10-19)4-3-6-16-9-15/h16H,2-10H2,1H3,(H2,17,18,21)/t15-/m0/s1. The number of imidazole rings is 1. The normalized spacial score (nSPS) is 25.7. The van der Waals surface area contributed by atoms with E-state index in [1.165, 1.54) is 19.3 Å². The van der Waals surface area contributed by atoms with E-state index in [4.69, 9.17) is 4.74 Å². The highest BCUT2D eigenvalue weighted by Crippen LogP contribution is 2.36. The summed E-state index contributed by atoms with van der Waals surface area (Å²) in [6.07, 6.45) is 3.65. The van der Waals surface area contributed by atoms with Crippen LogP contribution < -0.4 is 11.0 Å². The largest absolute Gasteiger partial charge is 0.461 e. The first kappa shape index (κ1) is 15.3. The van der Waals surface area contributed by atoms with Crippen LogP contribution in [0.1, 0.15) is 42.4 Å². The highest BCUT2D eigenvalue weighted by atomic mass is 16.5. The molecule has 122 valence electrons. The molecule has 0 unspecified atom stereocenters. The Morgan fingerprint density at radius 3 is 2.95 bits per heavy atom. The fourth-order valence-electron chi connectivity index (χ4n) is 3.68. The summed E-state index contributed by atoms with van der Waals surface area (Å²) in [6, 6.07) is 0. The summed E-state index contributed by atoms with van der Waals surface area (Å²) in [4.78, 5) is 31.0. The number of piperidine rings is 1. The first-order valence-corrected chi connectivity index (χ1v) is 8.03. The van der Waals surface area contributed by atoms with Crippen LogP contribution in [0.5, 0.6) is 0 Å². The average Bonchev–Trinajstić information content (AvgIpc) is 3.05. The van der Waals surface area contributed by atoms with Gasteiger partial charge in [0.05, 0.1) is 12.3 Å². The molecule has 0 radical (unpaired) electrons. The summed E-state index contributed by atoms with van der Waals surface area (Å²) in [5.41, 5.74) is 0.893. The highest BCUT2D eigenvalue weighted by Gasteiger charge is 2.39. The summed E-state index contributed by atoms with van der Waals surface area (Å²) < 4.78 is 5.00. The molecule has 7 heteroatoms. The number of nitrogens with one attached hydrogen (secondary N) is 3. The topological polar surface area (TPSA) is 90.2 Å². The summed E-state index contributed by atoms with van der Waals surface area (Å²) in [6.45, 7) is 6.81. The Hall–Kier alpha value is -1.60. The molecule has 1 spiro atoms. The first-order chi connectivity index (χ1) is 10.6. The van der Waals surface area contributed by atoms with E-state index in [1.54, 1.807) is 6.92 Å². The molecule has 1 aromatic heterocycles. The van der Waals surface area contributed by atoms with Crippen LogP contribution in [0.3, 0.4) is 0 Å².